The Kier molecular flexibility index (Phi) is 7.49. The molecule has 4 aromatic rings. The SMILES string of the molecule is CCC(OC(=O)c1c2c(nc3ccccc13)CCN(Cc1ccccc1)C2)C(=O)Nc1cccc(Cl)c1. The summed E-state index contributed by atoms with van der Waals surface area (Å²) in [5, 5.41) is 4.05. The number of fused-ring (bicyclic) bond motifs is 2. The van der Waals surface area contributed by atoms with Crippen LogP contribution in [-0.4, -0.2) is 34.4 Å². The van der Waals surface area contributed by atoms with Gasteiger partial charge in [-0.25, -0.2) is 4.79 Å². The number of benzene rings is 3. The van der Waals surface area contributed by atoms with E-state index in [4.69, 9.17) is 21.3 Å². The molecule has 0 aliphatic carbocycles. The Balaban J connectivity index is 1.43. The van der Waals surface area contributed by atoms with Crippen molar-refractivity contribution < 1.29 is 14.3 Å². The molecule has 1 aromatic heterocycles. The predicted octanol–water partition coefficient (Wildman–Crippen LogP) is 6.02. The van der Waals surface area contributed by atoms with Gasteiger partial charge in [0.2, 0.25) is 0 Å². The lowest BCUT2D eigenvalue weighted by Crippen LogP contribution is -2.34. The Bertz CT molecular complexity index is 1440. The van der Waals surface area contributed by atoms with E-state index in [0.717, 1.165) is 41.7 Å². The highest BCUT2D eigenvalue weighted by atomic mass is 35.5. The van der Waals surface area contributed by atoms with Crippen molar-refractivity contribution in [2.24, 2.45) is 0 Å². The molecular weight excluding hydrogens is 486 g/mol. The first-order chi connectivity index (χ1) is 18.0. The molecule has 1 atom stereocenters. The summed E-state index contributed by atoms with van der Waals surface area (Å²) in [6.07, 6.45) is 0.126. The summed E-state index contributed by atoms with van der Waals surface area (Å²) in [6.45, 7) is 4.03. The van der Waals surface area contributed by atoms with Crippen LogP contribution >= 0.6 is 11.6 Å². The second-order valence-electron chi connectivity index (χ2n) is 9.18. The molecule has 0 spiro atoms. The molecule has 1 aliphatic rings. The Labute approximate surface area is 221 Å². The zero-order valence-corrected chi connectivity index (χ0v) is 21.4. The molecule has 0 fully saturated rings. The van der Waals surface area contributed by atoms with Gasteiger partial charge in [-0.1, -0.05) is 73.1 Å². The van der Waals surface area contributed by atoms with Crippen LogP contribution in [0.25, 0.3) is 10.9 Å². The average Bonchev–Trinajstić information content (AvgIpc) is 2.90. The monoisotopic (exact) mass is 513 g/mol. The van der Waals surface area contributed by atoms with Crippen molar-refractivity contribution in [2.45, 2.75) is 39.0 Å². The summed E-state index contributed by atoms with van der Waals surface area (Å²) in [6, 6.07) is 24.8. The van der Waals surface area contributed by atoms with Gasteiger partial charge in [0.05, 0.1) is 11.1 Å². The maximum Gasteiger partial charge on any atom is 0.340 e. The maximum absolute atomic E-state index is 13.7. The fraction of sp³-hybridized carbons (Fsp3) is 0.233. The molecule has 1 aliphatic heterocycles. The summed E-state index contributed by atoms with van der Waals surface area (Å²) in [7, 11) is 0. The number of nitrogens with one attached hydrogen (secondary N) is 1. The molecule has 188 valence electrons. The fourth-order valence-electron chi connectivity index (χ4n) is 4.76. The summed E-state index contributed by atoms with van der Waals surface area (Å²) in [5.41, 5.74) is 4.79. The van der Waals surface area contributed by atoms with Crippen LogP contribution in [0.4, 0.5) is 5.69 Å². The highest BCUT2D eigenvalue weighted by Gasteiger charge is 2.29. The topological polar surface area (TPSA) is 71.5 Å². The minimum absolute atomic E-state index is 0.337. The van der Waals surface area contributed by atoms with Gasteiger partial charge < -0.3 is 10.1 Å². The molecule has 1 unspecified atom stereocenters. The zero-order valence-electron chi connectivity index (χ0n) is 20.6. The first-order valence-corrected chi connectivity index (χ1v) is 12.8. The first kappa shape index (κ1) is 24.9. The number of aromatic nitrogens is 1. The number of halogens is 1. The van der Waals surface area contributed by atoms with E-state index in [-0.39, 0.29) is 0 Å². The number of rotatable bonds is 7. The number of hydrogen-bond donors (Lipinski definition) is 1. The van der Waals surface area contributed by atoms with E-state index in [1.165, 1.54) is 5.56 Å². The van der Waals surface area contributed by atoms with Gasteiger partial charge in [0.1, 0.15) is 0 Å². The Hall–Kier alpha value is -3.74. The molecule has 0 bridgehead atoms. The first-order valence-electron chi connectivity index (χ1n) is 12.5. The van der Waals surface area contributed by atoms with Crippen LogP contribution in [0.2, 0.25) is 5.02 Å². The van der Waals surface area contributed by atoms with Gasteiger partial charge in [0.25, 0.3) is 5.91 Å². The smallest absolute Gasteiger partial charge is 0.340 e. The molecule has 0 saturated carbocycles. The van der Waals surface area contributed by atoms with Crippen LogP contribution in [0.5, 0.6) is 0 Å². The number of hydrogen-bond acceptors (Lipinski definition) is 5. The van der Waals surface area contributed by atoms with Crippen LogP contribution in [0, 0.1) is 0 Å². The minimum Gasteiger partial charge on any atom is -0.449 e. The van der Waals surface area contributed by atoms with E-state index in [2.05, 4.69) is 22.3 Å². The van der Waals surface area contributed by atoms with Gasteiger partial charge in [-0.2, -0.15) is 0 Å². The second kappa shape index (κ2) is 11.1. The maximum atomic E-state index is 13.7. The van der Waals surface area contributed by atoms with Crippen LogP contribution in [-0.2, 0) is 29.0 Å². The molecule has 0 saturated heterocycles. The fourth-order valence-corrected chi connectivity index (χ4v) is 4.95. The van der Waals surface area contributed by atoms with Crippen molar-refractivity contribution in [3.63, 3.8) is 0 Å². The largest absolute Gasteiger partial charge is 0.449 e. The predicted molar refractivity (Wildman–Crippen MR) is 146 cm³/mol. The summed E-state index contributed by atoms with van der Waals surface area (Å²) < 4.78 is 5.85. The van der Waals surface area contributed by atoms with E-state index in [0.29, 0.717) is 29.2 Å². The van der Waals surface area contributed by atoms with Crippen LogP contribution in [0.15, 0.2) is 78.9 Å². The van der Waals surface area contributed by atoms with Gasteiger partial charge >= 0.3 is 5.97 Å². The lowest BCUT2D eigenvalue weighted by atomic mass is 9.95. The van der Waals surface area contributed by atoms with E-state index in [1.54, 1.807) is 24.3 Å². The lowest BCUT2D eigenvalue weighted by molar-refractivity contribution is -0.124. The van der Waals surface area contributed by atoms with Crippen molar-refractivity contribution in [1.29, 1.82) is 0 Å². The Morgan fingerprint density at radius 1 is 1.05 bits per heavy atom. The van der Waals surface area contributed by atoms with Crippen molar-refractivity contribution >= 4 is 40.1 Å². The van der Waals surface area contributed by atoms with Crippen LogP contribution in [0.1, 0.15) is 40.5 Å². The highest BCUT2D eigenvalue weighted by molar-refractivity contribution is 6.30. The quantitative estimate of drug-likeness (QED) is 0.306. The van der Waals surface area contributed by atoms with E-state index >= 15 is 0 Å². The average molecular weight is 514 g/mol. The highest BCUT2D eigenvalue weighted by Crippen LogP contribution is 2.30. The minimum atomic E-state index is -0.946. The lowest BCUT2D eigenvalue weighted by Gasteiger charge is -2.30. The van der Waals surface area contributed by atoms with E-state index in [1.807, 2.05) is 49.4 Å². The molecule has 5 rings (SSSR count). The van der Waals surface area contributed by atoms with E-state index < -0.39 is 18.0 Å². The molecule has 6 nitrogen and oxygen atoms in total. The number of nitrogens with zero attached hydrogens (tertiary/aromatic N) is 2. The standard InChI is InChI=1S/C30H28ClN3O3/c1-2-27(29(35)32-22-12-8-11-21(31)17-22)37-30(36)28-23-13-6-7-14-25(23)33-26-15-16-34(19-24(26)28)18-20-9-4-3-5-10-20/h3-14,17,27H,2,15-16,18-19H2,1H3,(H,32,35). The number of amides is 1. The zero-order chi connectivity index (χ0) is 25.8. The molecule has 2 heterocycles. The summed E-state index contributed by atoms with van der Waals surface area (Å²) >= 11 is 6.05. The van der Waals surface area contributed by atoms with Gasteiger partial charge in [-0.05, 0) is 36.2 Å². The number of ether oxygens (including phenoxy) is 1. The number of anilines is 1. The third-order valence-corrected chi connectivity index (χ3v) is 6.82. The number of carbonyl (C=O) groups excluding carboxylic acids is 2. The molecule has 37 heavy (non-hydrogen) atoms. The van der Waals surface area contributed by atoms with Crippen LogP contribution in [0.3, 0.4) is 0 Å². The third kappa shape index (κ3) is 5.66. The number of carbonyl (C=O) groups is 2. The van der Waals surface area contributed by atoms with Gasteiger partial charge in [-0.3, -0.25) is 14.7 Å². The molecule has 1 N–H and O–H groups in total. The van der Waals surface area contributed by atoms with Crippen LogP contribution < -0.4 is 5.32 Å². The molecule has 0 radical (unpaired) electrons. The van der Waals surface area contributed by atoms with Gasteiger partial charge in [0.15, 0.2) is 6.10 Å². The molecular formula is C30H28ClN3O3. The summed E-state index contributed by atoms with van der Waals surface area (Å²) in [5.74, 6) is -0.902. The van der Waals surface area contributed by atoms with Gasteiger partial charge in [0, 0.05) is 53.4 Å². The second-order valence-corrected chi connectivity index (χ2v) is 9.61. The van der Waals surface area contributed by atoms with Crippen molar-refractivity contribution in [3.05, 3.63) is 106 Å². The Morgan fingerprint density at radius 2 is 1.84 bits per heavy atom. The van der Waals surface area contributed by atoms with Crippen molar-refractivity contribution in [2.75, 3.05) is 11.9 Å². The third-order valence-electron chi connectivity index (χ3n) is 6.58. The van der Waals surface area contributed by atoms with Crippen molar-refractivity contribution in [3.8, 4) is 0 Å². The molecule has 3 aromatic carbocycles. The molecule has 1 amide bonds. The van der Waals surface area contributed by atoms with Crippen molar-refractivity contribution in [1.82, 2.24) is 9.88 Å². The Morgan fingerprint density at radius 3 is 2.62 bits per heavy atom. The number of pyridine rings is 1. The number of para-hydroxylation sites is 1. The van der Waals surface area contributed by atoms with Gasteiger partial charge in [-0.15, -0.1) is 0 Å². The van der Waals surface area contributed by atoms with E-state index in [9.17, 15) is 9.59 Å². The number of esters is 1. The summed E-state index contributed by atoms with van der Waals surface area (Å²) in [4.78, 5) is 33.9. The normalized spacial score (nSPS) is 14.1. The molecule has 7 heteroatoms.